The summed E-state index contributed by atoms with van der Waals surface area (Å²) in [6.45, 7) is 2.76. The van der Waals surface area contributed by atoms with Crippen LogP contribution in [0.1, 0.15) is 42.9 Å². The van der Waals surface area contributed by atoms with Gasteiger partial charge in [-0.1, -0.05) is 36.2 Å². The molecule has 4 nitrogen and oxygen atoms in total. The lowest BCUT2D eigenvalue weighted by Crippen LogP contribution is -2.47. The maximum absolute atomic E-state index is 12.8. The molecule has 1 aliphatic carbocycles. The number of carboxylic acids is 1. The molecule has 124 valence electrons. The zero-order valence-electron chi connectivity index (χ0n) is 13.5. The first-order chi connectivity index (χ1) is 11.0. The Hall–Kier alpha value is -1.49. The summed E-state index contributed by atoms with van der Waals surface area (Å²) in [6, 6.07) is 8.38. The molecule has 5 heteroatoms. The summed E-state index contributed by atoms with van der Waals surface area (Å²) in [5.41, 5.74) is 1.54. The summed E-state index contributed by atoms with van der Waals surface area (Å²) >= 11 is 1.86. The lowest BCUT2D eigenvalue weighted by Gasteiger charge is -2.41. The number of benzene rings is 1. The van der Waals surface area contributed by atoms with Gasteiger partial charge in [0.1, 0.15) is 0 Å². The van der Waals surface area contributed by atoms with E-state index in [1.807, 2.05) is 16.7 Å². The Balaban J connectivity index is 1.77. The molecule has 1 amide bonds. The highest BCUT2D eigenvalue weighted by atomic mass is 32.2. The predicted octanol–water partition coefficient (Wildman–Crippen LogP) is 3.26. The molecule has 1 heterocycles. The number of thioether (sulfide) groups is 1. The highest BCUT2D eigenvalue weighted by Gasteiger charge is 2.47. The number of carbonyl (C=O) groups excluding carboxylic acids is 1. The van der Waals surface area contributed by atoms with Gasteiger partial charge < -0.3 is 10.0 Å². The predicted molar refractivity (Wildman–Crippen MR) is 91.5 cm³/mol. The minimum atomic E-state index is -0.810. The van der Waals surface area contributed by atoms with Crippen molar-refractivity contribution >= 4 is 23.6 Å². The third-order valence-electron chi connectivity index (χ3n) is 5.16. The number of aryl methyl sites for hydroxylation is 1. The lowest BCUT2D eigenvalue weighted by molar-refractivity contribution is -0.160. The van der Waals surface area contributed by atoms with Crippen molar-refractivity contribution in [3.05, 3.63) is 35.4 Å². The third-order valence-corrected chi connectivity index (χ3v) is 6.19. The van der Waals surface area contributed by atoms with E-state index in [9.17, 15) is 14.7 Å². The van der Waals surface area contributed by atoms with Crippen LogP contribution in [0.2, 0.25) is 0 Å². The number of hydrogen-bond donors (Lipinski definition) is 1. The van der Waals surface area contributed by atoms with Gasteiger partial charge in [-0.2, -0.15) is 11.8 Å². The van der Waals surface area contributed by atoms with Crippen LogP contribution in [0.4, 0.5) is 0 Å². The second-order valence-corrected chi connectivity index (χ2v) is 7.85. The van der Waals surface area contributed by atoms with Crippen molar-refractivity contribution in [1.29, 1.82) is 0 Å². The monoisotopic (exact) mass is 333 g/mol. The molecule has 2 fully saturated rings. The minimum absolute atomic E-state index is 0.00187. The van der Waals surface area contributed by atoms with Crippen LogP contribution >= 0.6 is 11.8 Å². The van der Waals surface area contributed by atoms with E-state index in [4.69, 9.17) is 0 Å². The maximum Gasteiger partial charge on any atom is 0.310 e. The van der Waals surface area contributed by atoms with Crippen molar-refractivity contribution < 1.29 is 14.7 Å². The van der Waals surface area contributed by atoms with Crippen molar-refractivity contribution in [2.75, 3.05) is 18.1 Å². The van der Waals surface area contributed by atoms with Gasteiger partial charge >= 0.3 is 5.97 Å². The molecule has 0 radical (unpaired) electrons. The average Bonchev–Trinajstić information content (AvgIpc) is 2.51. The average molecular weight is 333 g/mol. The van der Waals surface area contributed by atoms with E-state index in [0.29, 0.717) is 19.4 Å². The van der Waals surface area contributed by atoms with Gasteiger partial charge in [0.2, 0.25) is 5.91 Å². The Morgan fingerprint density at radius 2 is 2.00 bits per heavy atom. The molecule has 1 aromatic carbocycles. The maximum atomic E-state index is 12.8. The van der Waals surface area contributed by atoms with E-state index >= 15 is 0 Å². The molecule has 1 aromatic rings. The van der Waals surface area contributed by atoms with E-state index in [1.54, 1.807) is 0 Å². The fourth-order valence-corrected chi connectivity index (χ4v) is 4.52. The standard InChI is InChI=1S/C18H23NO3S/c1-13-3-5-14(6-4-13)15-12-23-10-9-19(15)16(20)11-18(17(21)22)7-2-8-18/h3-6,15H,2,7-12H2,1H3,(H,21,22). The Labute approximate surface area is 141 Å². The number of rotatable bonds is 4. The number of nitrogens with zero attached hydrogens (tertiary/aromatic N) is 1. The summed E-state index contributed by atoms with van der Waals surface area (Å²) in [4.78, 5) is 26.3. The van der Waals surface area contributed by atoms with Crippen molar-refractivity contribution in [1.82, 2.24) is 4.90 Å². The second kappa shape index (κ2) is 6.56. The molecule has 0 bridgehead atoms. The number of amides is 1. The van der Waals surface area contributed by atoms with Gasteiger partial charge in [-0.25, -0.2) is 0 Å². The molecular formula is C18H23NO3S. The summed E-state index contributed by atoms with van der Waals surface area (Å²) in [6.07, 6.45) is 2.32. The van der Waals surface area contributed by atoms with Crippen LogP contribution in [-0.4, -0.2) is 39.9 Å². The SMILES string of the molecule is Cc1ccc(C2CSCCN2C(=O)CC2(C(=O)O)CCC2)cc1. The van der Waals surface area contributed by atoms with Crippen LogP contribution in [0, 0.1) is 12.3 Å². The topological polar surface area (TPSA) is 57.6 Å². The summed E-state index contributed by atoms with van der Waals surface area (Å²) in [7, 11) is 0. The molecule has 1 unspecified atom stereocenters. The van der Waals surface area contributed by atoms with Crippen molar-refractivity contribution in [2.24, 2.45) is 5.41 Å². The fraction of sp³-hybridized carbons (Fsp3) is 0.556. The van der Waals surface area contributed by atoms with Gasteiger partial charge in [0, 0.05) is 24.5 Å². The van der Waals surface area contributed by atoms with Crippen LogP contribution in [-0.2, 0) is 9.59 Å². The van der Waals surface area contributed by atoms with Gasteiger partial charge in [-0.15, -0.1) is 0 Å². The van der Waals surface area contributed by atoms with Gasteiger partial charge in [0.25, 0.3) is 0 Å². The molecule has 1 N–H and O–H groups in total. The van der Waals surface area contributed by atoms with Crippen LogP contribution in [0.5, 0.6) is 0 Å². The van der Waals surface area contributed by atoms with Gasteiger partial charge in [-0.05, 0) is 25.3 Å². The second-order valence-electron chi connectivity index (χ2n) is 6.70. The summed E-state index contributed by atoms with van der Waals surface area (Å²) in [5, 5.41) is 9.47. The number of carboxylic acid groups (broad SMARTS) is 1. The van der Waals surface area contributed by atoms with Gasteiger partial charge in [-0.3, -0.25) is 9.59 Å². The molecule has 1 saturated carbocycles. The highest BCUT2D eigenvalue weighted by molar-refractivity contribution is 7.99. The number of carbonyl (C=O) groups is 2. The van der Waals surface area contributed by atoms with E-state index in [-0.39, 0.29) is 18.4 Å². The van der Waals surface area contributed by atoms with E-state index in [2.05, 4.69) is 31.2 Å². The molecule has 3 rings (SSSR count). The molecule has 1 aliphatic heterocycles. The molecule has 23 heavy (non-hydrogen) atoms. The van der Waals surface area contributed by atoms with Crippen molar-refractivity contribution in [3.8, 4) is 0 Å². The van der Waals surface area contributed by atoms with Crippen LogP contribution in [0.3, 0.4) is 0 Å². The Morgan fingerprint density at radius 3 is 2.57 bits per heavy atom. The zero-order chi connectivity index (χ0) is 16.4. The quantitative estimate of drug-likeness (QED) is 0.919. The highest BCUT2D eigenvalue weighted by Crippen LogP contribution is 2.45. The van der Waals surface area contributed by atoms with Crippen LogP contribution in [0.25, 0.3) is 0 Å². The first kappa shape index (κ1) is 16.4. The first-order valence-corrected chi connectivity index (χ1v) is 9.34. The zero-order valence-corrected chi connectivity index (χ0v) is 14.3. The smallest absolute Gasteiger partial charge is 0.310 e. The van der Waals surface area contributed by atoms with E-state index in [1.165, 1.54) is 5.56 Å². The molecule has 2 aliphatic rings. The third kappa shape index (κ3) is 3.25. The minimum Gasteiger partial charge on any atom is -0.481 e. The molecule has 1 atom stereocenters. The van der Waals surface area contributed by atoms with Crippen molar-refractivity contribution in [3.63, 3.8) is 0 Å². The van der Waals surface area contributed by atoms with E-state index in [0.717, 1.165) is 23.5 Å². The molecule has 0 spiro atoms. The normalized spacial score (nSPS) is 23.2. The molecule has 1 saturated heterocycles. The molecular weight excluding hydrogens is 310 g/mol. The molecule has 0 aromatic heterocycles. The lowest BCUT2D eigenvalue weighted by atomic mass is 9.66. The first-order valence-electron chi connectivity index (χ1n) is 8.19. The Bertz CT molecular complexity index is 595. The van der Waals surface area contributed by atoms with Gasteiger partial charge in [0.15, 0.2) is 0 Å². The fourth-order valence-electron chi connectivity index (χ4n) is 3.43. The van der Waals surface area contributed by atoms with E-state index < -0.39 is 11.4 Å². The summed E-state index contributed by atoms with van der Waals surface area (Å²) < 4.78 is 0. The van der Waals surface area contributed by atoms with Crippen LogP contribution < -0.4 is 0 Å². The number of aliphatic carboxylic acids is 1. The van der Waals surface area contributed by atoms with Gasteiger partial charge in [0.05, 0.1) is 11.5 Å². The largest absolute Gasteiger partial charge is 0.481 e. The van der Waals surface area contributed by atoms with Crippen molar-refractivity contribution in [2.45, 2.75) is 38.6 Å². The van der Waals surface area contributed by atoms with Crippen LogP contribution in [0.15, 0.2) is 24.3 Å². The summed E-state index contributed by atoms with van der Waals surface area (Å²) in [5.74, 6) is 0.997. The number of hydrogen-bond acceptors (Lipinski definition) is 3. The Kier molecular flexibility index (Phi) is 4.67. The Morgan fingerprint density at radius 1 is 1.30 bits per heavy atom.